The van der Waals surface area contributed by atoms with Crippen LogP contribution in [0, 0.1) is 0 Å². The third kappa shape index (κ3) is 5.92. The zero-order valence-electron chi connectivity index (χ0n) is 10.7. The van der Waals surface area contributed by atoms with Crippen LogP contribution in [0.1, 0.15) is 16.8 Å². The second-order valence-electron chi connectivity index (χ2n) is 3.76. The Bertz CT molecular complexity index is 408. The van der Waals surface area contributed by atoms with Crippen LogP contribution in [0.15, 0.2) is 18.2 Å². The van der Waals surface area contributed by atoms with Gasteiger partial charge < -0.3 is 19.3 Å². The molecule has 0 fully saturated rings. The second-order valence-corrected chi connectivity index (χ2v) is 4.16. The molecule has 1 aromatic carbocycles. The molecule has 6 heteroatoms. The van der Waals surface area contributed by atoms with E-state index in [0.717, 1.165) is 6.42 Å². The highest BCUT2D eigenvalue weighted by molar-refractivity contribution is 6.32. The smallest absolute Gasteiger partial charge is 0.335 e. The molecular weight excluding hydrogens is 272 g/mol. The summed E-state index contributed by atoms with van der Waals surface area (Å²) in [6, 6.07) is 4.35. The van der Waals surface area contributed by atoms with Crippen molar-refractivity contribution in [3.8, 4) is 5.75 Å². The maximum absolute atomic E-state index is 10.7. The first-order valence-electron chi connectivity index (χ1n) is 5.87. The number of methoxy groups -OCH3 is 1. The molecule has 0 bridgehead atoms. The molecule has 0 radical (unpaired) electrons. The Labute approximate surface area is 117 Å². The lowest BCUT2D eigenvalue weighted by atomic mass is 10.2. The van der Waals surface area contributed by atoms with E-state index in [1.807, 2.05) is 0 Å². The zero-order valence-corrected chi connectivity index (χ0v) is 11.5. The average Bonchev–Trinajstić information content (AvgIpc) is 2.39. The zero-order chi connectivity index (χ0) is 14.1. The van der Waals surface area contributed by atoms with Gasteiger partial charge in [-0.15, -0.1) is 0 Å². The number of carbonyl (C=O) groups is 1. The normalized spacial score (nSPS) is 10.4. The van der Waals surface area contributed by atoms with E-state index in [1.54, 1.807) is 7.11 Å². The molecule has 5 nitrogen and oxygen atoms in total. The largest absolute Gasteiger partial charge is 0.490 e. The SMILES string of the molecule is COCCCOCCOc1ccc(C(=O)O)cc1Cl. The van der Waals surface area contributed by atoms with Crippen LogP contribution in [0.2, 0.25) is 5.02 Å². The number of aromatic carboxylic acids is 1. The van der Waals surface area contributed by atoms with Gasteiger partial charge in [-0.05, 0) is 24.6 Å². The molecule has 0 saturated heterocycles. The van der Waals surface area contributed by atoms with E-state index in [1.165, 1.54) is 18.2 Å². The number of halogens is 1. The molecule has 19 heavy (non-hydrogen) atoms. The number of benzene rings is 1. The molecule has 0 spiro atoms. The Balaban J connectivity index is 2.28. The van der Waals surface area contributed by atoms with Crippen LogP contribution in [0.25, 0.3) is 0 Å². The third-order valence-electron chi connectivity index (χ3n) is 2.30. The number of carboxylic acid groups (broad SMARTS) is 1. The summed E-state index contributed by atoms with van der Waals surface area (Å²) in [4.78, 5) is 10.7. The third-order valence-corrected chi connectivity index (χ3v) is 2.60. The number of hydrogen-bond acceptors (Lipinski definition) is 4. The lowest BCUT2D eigenvalue weighted by molar-refractivity contribution is 0.0696. The van der Waals surface area contributed by atoms with Gasteiger partial charge in [0.05, 0.1) is 17.2 Å². The van der Waals surface area contributed by atoms with Gasteiger partial charge in [0.25, 0.3) is 0 Å². The molecule has 106 valence electrons. The molecule has 0 amide bonds. The molecule has 1 rings (SSSR count). The van der Waals surface area contributed by atoms with Crippen LogP contribution in [0.3, 0.4) is 0 Å². The quantitative estimate of drug-likeness (QED) is 0.707. The first-order chi connectivity index (χ1) is 9.15. The van der Waals surface area contributed by atoms with E-state index < -0.39 is 5.97 Å². The van der Waals surface area contributed by atoms with Crippen molar-refractivity contribution in [2.24, 2.45) is 0 Å². The van der Waals surface area contributed by atoms with Crippen molar-refractivity contribution in [2.45, 2.75) is 6.42 Å². The van der Waals surface area contributed by atoms with Gasteiger partial charge in [0, 0.05) is 20.3 Å². The summed E-state index contributed by atoms with van der Waals surface area (Å²) in [5, 5.41) is 9.06. The fourth-order valence-electron chi connectivity index (χ4n) is 1.37. The Morgan fingerprint density at radius 3 is 2.68 bits per heavy atom. The van der Waals surface area contributed by atoms with Gasteiger partial charge in [-0.1, -0.05) is 11.6 Å². The van der Waals surface area contributed by atoms with Crippen molar-refractivity contribution in [3.05, 3.63) is 28.8 Å². The van der Waals surface area contributed by atoms with E-state index in [9.17, 15) is 4.79 Å². The topological polar surface area (TPSA) is 65.0 Å². The highest BCUT2D eigenvalue weighted by atomic mass is 35.5. The molecule has 0 saturated carbocycles. The summed E-state index contributed by atoms with van der Waals surface area (Å²) in [6.45, 7) is 2.09. The number of carboxylic acids is 1. The van der Waals surface area contributed by atoms with Crippen molar-refractivity contribution < 1.29 is 24.1 Å². The van der Waals surface area contributed by atoms with E-state index in [2.05, 4.69) is 0 Å². The van der Waals surface area contributed by atoms with Crippen LogP contribution in [0.5, 0.6) is 5.75 Å². The van der Waals surface area contributed by atoms with Crippen LogP contribution in [0.4, 0.5) is 0 Å². The summed E-state index contributed by atoms with van der Waals surface area (Å²) >= 11 is 5.91. The summed E-state index contributed by atoms with van der Waals surface area (Å²) in [6.07, 6.45) is 0.838. The molecule has 0 aliphatic rings. The lowest BCUT2D eigenvalue weighted by Gasteiger charge is -2.09. The van der Waals surface area contributed by atoms with Crippen molar-refractivity contribution in [1.82, 2.24) is 0 Å². The maximum atomic E-state index is 10.7. The van der Waals surface area contributed by atoms with Crippen LogP contribution in [-0.4, -0.2) is 44.6 Å². The van der Waals surface area contributed by atoms with Crippen molar-refractivity contribution in [3.63, 3.8) is 0 Å². The minimum atomic E-state index is -1.02. The maximum Gasteiger partial charge on any atom is 0.335 e. The minimum absolute atomic E-state index is 0.133. The Kier molecular flexibility index (Phi) is 7.25. The molecule has 0 aromatic heterocycles. The molecule has 1 N–H and O–H groups in total. The fraction of sp³-hybridized carbons (Fsp3) is 0.462. The summed E-state index contributed by atoms with van der Waals surface area (Å²) in [5.74, 6) is -0.568. The van der Waals surface area contributed by atoms with Gasteiger partial charge in [-0.2, -0.15) is 0 Å². The fourth-order valence-corrected chi connectivity index (χ4v) is 1.60. The number of ether oxygens (including phenoxy) is 3. The van der Waals surface area contributed by atoms with Crippen LogP contribution < -0.4 is 4.74 Å². The highest BCUT2D eigenvalue weighted by Crippen LogP contribution is 2.25. The van der Waals surface area contributed by atoms with E-state index in [-0.39, 0.29) is 10.6 Å². The number of rotatable bonds is 9. The van der Waals surface area contributed by atoms with Gasteiger partial charge in [0.1, 0.15) is 12.4 Å². The Morgan fingerprint density at radius 1 is 1.26 bits per heavy atom. The molecule has 0 heterocycles. The van der Waals surface area contributed by atoms with E-state index in [4.69, 9.17) is 30.9 Å². The van der Waals surface area contributed by atoms with Crippen molar-refractivity contribution in [1.29, 1.82) is 0 Å². The molecule has 0 aliphatic heterocycles. The van der Waals surface area contributed by atoms with Gasteiger partial charge in [0.2, 0.25) is 0 Å². The molecule has 0 unspecified atom stereocenters. The van der Waals surface area contributed by atoms with Gasteiger partial charge in [-0.25, -0.2) is 4.79 Å². The van der Waals surface area contributed by atoms with Gasteiger partial charge >= 0.3 is 5.97 Å². The minimum Gasteiger partial charge on any atom is -0.490 e. The Morgan fingerprint density at radius 2 is 2.05 bits per heavy atom. The summed E-state index contributed by atoms with van der Waals surface area (Å²) in [5.41, 5.74) is 0.133. The molecule has 1 aromatic rings. The first kappa shape index (κ1) is 15.8. The van der Waals surface area contributed by atoms with E-state index in [0.29, 0.717) is 32.2 Å². The van der Waals surface area contributed by atoms with E-state index >= 15 is 0 Å². The average molecular weight is 289 g/mol. The predicted molar refractivity (Wildman–Crippen MR) is 71.2 cm³/mol. The Hall–Kier alpha value is -1.30. The lowest BCUT2D eigenvalue weighted by Crippen LogP contribution is -2.09. The second kappa shape index (κ2) is 8.74. The molecule has 0 aliphatic carbocycles. The predicted octanol–water partition coefficient (Wildman–Crippen LogP) is 2.47. The standard InChI is InChI=1S/C13H17ClO5/c1-17-5-2-6-18-7-8-19-12-4-3-10(13(15)16)9-11(12)14/h3-4,9H,2,5-8H2,1H3,(H,15,16). The van der Waals surface area contributed by atoms with Crippen LogP contribution >= 0.6 is 11.6 Å². The molecular formula is C13H17ClO5. The van der Waals surface area contributed by atoms with Crippen molar-refractivity contribution >= 4 is 17.6 Å². The van der Waals surface area contributed by atoms with Gasteiger partial charge in [-0.3, -0.25) is 0 Å². The first-order valence-corrected chi connectivity index (χ1v) is 6.25. The van der Waals surface area contributed by atoms with Gasteiger partial charge in [0.15, 0.2) is 0 Å². The van der Waals surface area contributed by atoms with Crippen molar-refractivity contribution in [2.75, 3.05) is 33.5 Å². The monoisotopic (exact) mass is 288 g/mol. The highest BCUT2D eigenvalue weighted by Gasteiger charge is 2.07. The summed E-state index contributed by atoms with van der Waals surface area (Å²) < 4.78 is 15.6. The summed E-state index contributed by atoms with van der Waals surface area (Å²) in [7, 11) is 1.64. The van der Waals surface area contributed by atoms with Crippen LogP contribution in [-0.2, 0) is 9.47 Å². The number of hydrogen-bond donors (Lipinski definition) is 1. The molecule has 0 atom stereocenters.